The van der Waals surface area contributed by atoms with E-state index in [0.717, 1.165) is 17.7 Å². The molecule has 0 spiro atoms. The Morgan fingerprint density at radius 2 is 2.16 bits per heavy atom. The van der Waals surface area contributed by atoms with E-state index in [9.17, 15) is 4.79 Å². The number of amides is 1. The highest BCUT2D eigenvalue weighted by atomic mass is 16.1. The van der Waals surface area contributed by atoms with Crippen LogP contribution in [0.5, 0.6) is 0 Å². The topological polar surface area (TPSA) is 83.8 Å². The fraction of sp³-hybridized carbons (Fsp3) is 0.286. The quantitative estimate of drug-likeness (QED) is 0.727. The first-order valence-electron chi connectivity index (χ1n) is 6.30. The molecule has 0 aliphatic carbocycles. The van der Waals surface area contributed by atoms with Gasteiger partial charge in [-0.2, -0.15) is 0 Å². The number of carbonyl (C=O) groups excluding carboxylic acids is 1. The summed E-state index contributed by atoms with van der Waals surface area (Å²) in [5, 5.41) is 2.85. The minimum Gasteiger partial charge on any atom is -0.356 e. The standard InChI is InChI=1S/C14H18N4O/c15-13(11-4-2-1-3-5-11)8-14(19)17-7-6-12-9-16-10-18-12/h1-5,9-10,13H,6-8,15H2,(H,16,18)(H,17,19). The van der Waals surface area contributed by atoms with Crippen LogP contribution in [0.15, 0.2) is 42.9 Å². The third-order valence-electron chi connectivity index (χ3n) is 2.90. The number of rotatable bonds is 6. The number of nitrogens with one attached hydrogen (secondary N) is 2. The zero-order chi connectivity index (χ0) is 13.5. The number of benzene rings is 1. The molecular formula is C14H18N4O. The van der Waals surface area contributed by atoms with Crippen molar-refractivity contribution in [3.63, 3.8) is 0 Å². The second-order valence-electron chi connectivity index (χ2n) is 4.40. The van der Waals surface area contributed by atoms with Gasteiger partial charge in [0.1, 0.15) is 0 Å². The molecule has 0 bridgehead atoms. The smallest absolute Gasteiger partial charge is 0.221 e. The van der Waals surface area contributed by atoms with Crippen molar-refractivity contribution in [2.45, 2.75) is 18.9 Å². The Balaban J connectivity index is 1.72. The lowest BCUT2D eigenvalue weighted by molar-refractivity contribution is -0.121. The highest BCUT2D eigenvalue weighted by Crippen LogP contribution is 2.12. The summed E-state index contributed by atoms with van der Waals surface area (Å²) in [5.41, 5.74) is 7.97. The van der Waals surface area contributed by atoms with E-state index in [1.807, 2.05) is 30.3 Å². The van der Waals surface area contributed by atoms with Crippen LogP contribution in [0.2, 0.25) is 0 Å². The van der Waals surface area contributed by atoms with E-state index in [1.54, 1.807) is 12.5 Å². The number of hydrogen-bond acceptors (Lipinski definition) is 3. The zero-order valence-corrected chi connectivity index (χ0v) is 10.7. The first-order chi connectivity index (χ1) is 9.25. The van der Waals surface area contributed by atoms with Crippen LogP contribution in [0.1, 0.15) is 23.7 Å². The molecule has 1 amide bonds. The number of imidazole rings is 1. The molecule has 2 rings (SSSR count). The molecule has 5 nitrogen and oxygen atoms in total. The van der Waals surface area contributed by atoms with Crippen molar-refractivity contribution in [2.75, 3.05) is 6.54 Å². The molecule has 19 heavy (non-hydrogen) atoms. The van der Waals surface area contributed by atoms with E-state index in [4.69, 9.17) is 5.73 Å². The number of aromatic amines is 1. The van der Waals surface area contributed by atoms with Crippen LogP contribution in [0.25, 0.3) is 0 Å². The lowest BCUT2D eigenvalue weighted by Crippen LogP contribution is -2.29. The van der Waals surface area contributed by atoms with Gasteiger partial charge in [0.05, 0.1) is 6.33 Å². The Hall–Kier alpha value is -2.14. The van der Waals surface area contributed by atoms with Crippen LogP contribution < -0.4 is 11.1 Å². The van der Waals surface area contributed by atoms with Crippen LogP contribution in [-0.4, -0.2) is 22.4 Å². The Bertz CT molecular complexity index is 495. The van der Waals surface area contributed by atoms with Gasteiger partial charge in [0.25, 0.3) is 0 Å². The van der Waals surface area contributed by atoms with E-state index >= 15 is 0 Å². The summed E-state index contributed by atoms with van der Waals surface area (Å²) in [7, 11) is 0. The van der Waals surface area contributed by atoms with E-state index in [2.05, 4.69) is 15.3 Å². The molecule has 0 saturated heterocycles. The molecule has 0 aliphatic heterocycles. The summed E-state index contributed by atoms with van der Waals surface area (Å²) >= 11 is 0. The zero-order valence-electron chi connectivity index (χ0n) is 10.7. The van der Waals surface area contributed by atoms with Crippen molar-refractivity contribution in [3.05, 3.63) is 54.1 Å². The van der Waals surface area contributed by atoms with E-state index in [1.165, 1.54) is 0 Å². The summed E-state index contributed by atoms with van der Waals surface area (Å²) in [4.78, 5) is 18.6. The van der Waals surface area contributed by atoms with Crippen LogP contribution in [0, 0.1) is 0 Å². The molecule has 2 aromatic rings. The van der Waals surface area contributed by atoms with Crippen molar-refractivity contribution in [2.24, 2.45) is 5.73 Å². The van der Waals surface area contributed by atoms with E-state index < -0.39 is 0 Å². The van der Waals surface area contributed by atoms with Crippen LogP contribution in [0.4, 0.5) is 0 Å². The van der Waals surface area contributed by atoms with Crippen molar-refractivity contribution in [1.29, 1.82) is 0 Å². The molecule has 1 atom stereocenters. The fourth-order valence-corrected chi connectivity index (χ4v) is 1.85. The molecule has 100 valence electrons. The molecule has 0 aliphatic rings. The maximum atomic E-state index is 11.7. The van der Waals surface area contributed by atoms with Crippen molar-refractivity contribution in [3.8, 4) is 0 Å². The van der Waals surface area contributed by atoms with E-state index in [-0.39, 0.29) is 11.9 Å². The molecule has 4 N–H and O–H groups in total. The Morgan fingerprint density at radius 3 is 2.84 bits per heavy atom. The number of carbonyl (C=O) groups is 1. The normalized spacial score (nSPS) is 12.1. The van der Waals surface area contributed by atoms with Gasteiger partial charge in [0, 0.05) is 37.3 Å². The first-order valence-corrected chi connectivity index (χ1v) is 6.30. The molecule has 0 radical (unpaired) electrons. The average Bonchev–Trinajstić information content (AvgIpc) is 2.93. The molecule has 1 aromatic heterocycles. The summed E-state index contributed by atoms with van der Waals surface area (Å²) in [6.07, 6.45) is 4.42. The van der Waals surface area contributed by atoms with Gasteiger partial charge in [0.15, 0.2) is 0 Å². The lowest BCUT2D eigenvalue weighted by Gasteiger charge is -2.11. The van der Waals surface area contributed by atoms with Crippen LogP contribution in [-0.2, 0) is 11.2 Å². The number of H-pyrrole nitrogens is 1. The molecular weight excluding hydrogens is 240 g/mol. The maximum Gasteiger partial charge on any atom is 0.221 e. The van der Waals surface area contributed by atoms with Gasteiger partial charge < -0.3 is 16.0 Å². The van der Waals surface area contributed by atoms with Crippen molar-refractivity contribution >= 4 is 5.91 Å². The molecule has 1 aromatic carbocycles. The summed E-state index contributed by atoms with van der Waals surface area (Å²) in [5.74, 6) is -0.0316. The SMILES string of the molecule is NC(CC(=O)NCCc1cnc[nH]1)c1ccccc1. The lowest BCUT2D eigenvalue weighted by atomic mass is 10.0. The second kappa shape index (κ2) is 6.70. The van der Waals surface area contributed by atoms with Crippen LogP contribution in [0.3, 0.4) is 0 Å². The van der Waals surface area contributed by atoms with Gasteiger partial charge in [-0.15, -0.1) is 0 Å². The van der Waals surface area contributed by atoms with Gasteiger partial charge in [-0.3, -0.25) is 4.79 Å². The number of nitrogens with two attached hydrogens (primary N) is 1. The predicted molar refractivity (Wildman–Crippen MR) is 73.3 cm³/mol. The Labute approximate surface area is 112 Å². The van der Waals surface area contributed by atoms with Gasteiger partial charge in [-0.25, -0.2) is 4.98 Å². The predicted octanol–water partition coefficient (Wildman–Crippen LogP) is 1.16. The number of nitrogens with zero attached hydrogens (tertiary/aromatic N) is 1. The largest absolute Gasteiger partial charge is 0.356 e. The monoisotopic (exact) mass is 258 g/mol. The van der Waals surface area contributed by atoms with Gasteiger partial charge in [-0.1, -0.05) is 30.3 Å². The summed E-state index contributed by atoms with van der Waals surface area (Å²) in [6, 6.07) is 9.39. The van der Waals surface area contributed by atoms with Crippen molar-refractivity contribution < 1.29 is 4.79 Å². The Kier molecular flexibility index (Phi) is 4.69. The molecule has 1 heterocycles. The fourth-order valence-electron chi connectivity index (χ4n) is 1.85. The second-order valence-corrected chi connectivity index (χ2v) is 4.40. The molecule has 0 saturated carbocycles. The van der Waals surface area contributed by atoms with Gasteiger partial charge in [-0.05, 0) is 5.56 Å². The highest BCUT2D eigenvalue weighted by molar-refractivity contribution is 5.76. The average molecular weight is 258 g/mol. The third kappa shape index (κ3) is 4.22. The molecule has 0 fully saturated rings. The number of aromatic nitrogens is 2. The van der Waals surface area contributed by atoms with Crippen LogP contribution >= 0.6 is 0 Å². The summed E-state index contributed by atoms with van der Waals surface area (Å²) < 4.78 is 0. The van der Waals surface area contributed by atoms with E-state index in [0.29, 0.717) is 13.0 Å². The first kappa shape index (κ1) is 13.3. The highest BCUT2D eigenvalue weighted by Gasteiger charge is 2.10. The Morgan fingerprint density at radius 1 is 1.37 bits per heavy atom. The van der Waals surface area contributed by atoms with Crippen molar-refractivity contribution in [1.82, 2.24) is 15.3 Å². The van der Waals surface area contributed by atoms with Gasteiger partial charge in [0.2, 0.25) is 5.91 Å². The minimum atomic E-state index is -0.256. The minimum absolute atomic E-state index is 0.0316. The van der Waals surface area contributed by atoms with Gasteiger partial charge >= 0.3 is 0 Å². The summed E-state index contributed by atoms with van der Waals surface area (Å²) in [6.45, 7) is 0.586. The number of hydrogen-bond donors (Lipinski definition) is 3. The molecule has 1 unspecified atom stereocenters. The molecule has 5 heteroatoms. The third-order valence-corrected chi connectivity index (χ3v) is 2.90. The maximum absolute atomic E-state index is 11.7.